The maximum Gasteiger partial charge on any atom is 0.319 e. The third-order valence-corrected chi connectivity index (χ3v) is 4.36. The average Bonchev–Trinajstić information content (AvgIpc) is 2.65. The number of nitrogens with zero attached hydrogens (tertiary/aromatic N) is 1. The van der Waals surface area contributed by atoms with Gasteiger partial charge in [-0.1, -0.05) is 19.3 Å². The summed E-state index contributed by atoms with van der Waals surface area (Å²) >= 11 is 0. The quantitative estimate of drug-likeness (QED) is 0.333. The van der Waals surface area contributed by atoms with E-state index in [2.05, 4.69) is 36.7 Å². The molecule has 0 aromatic heterocycles. The molecule has 170 valence electrons. The van der Waals surface area contributed by atoms with Crippen molar-refractivity contribution in [3.63, 3.8) is 0 Å². The number of urea groups is 1. The minimum atomic E-state index is -1.50. The average molecular weight is 427 g/mol. The van der Waals surface area contributed by atoms with Gasteiger partial charge in [0.05, 0.1) is 0 Å². The lowest BCUT2D eigenvalue weighted by molar-refractivity contribution is -0.742. The van der Waals surface area contributed by atoms with Gasteiger partial charge in [-0.2, -0.15) is 0 Å². The van der Waals surface area contributed by atoms with E-state index in [1.165, 1.54) is 19.3 Å². The van der Waals surface area contributed by atoms with Crippen molar-refractivity contribution < 1.29 is 24.9 Å². The summed E-state index contributed by atoms with van der Waals surface area (Å²) in [6, 6.07) is 7.31. The van der Waals surface area contributed by atoms with Crippen LogP contribution in [0.2, 0.25) is 0 Å². The fourth-order valence-electron chi connectivity index (χ4n) is 2.91. The molecule has 1 aliphatic rings. The molecule has 10 heteroatoms. The number of aliphatic hydroxyl groups is 1. The first-order chi connectivity index (χ1) is 14.0. The Bertz CT molecular complexity index is 638. The molecule has 0 heterocycles. The number of rotatable bonds is 7. The van der Waals surface area contributed by atoms with Crippen molar-refractivity contribution in [3.05, 3.63) is 34.4 Å². The van der Waals surface area contributed by atoms with E-state index in [4.69, 9.17) is 20.1 Å². The molecule has 1 saturated carbocycles. The first-order valence-electron chi connectivity index (χ1n) is 10.1. The molecule has 30 heavy (non-hydrogen) atoms. The van der Waals surface area contributed by atoms with Gasteiger partial charge < -0.3 is 31.0 Å². The highest BCUT2D eigenvalue weighted by atomic mass is 16.9. The number of aliphatic hydroxyl groups excluding tert-OH is 1. The molecular formula is C20H34N4O6. The van der Waals surface area contributed by atoms with Gasteiger partial charge in [0, 0.05) is 23.8 Å². The number of amides is 2. The summed E-state index contributed by atoms with van der Waals surface area (Å²) in [5.74, 6) is 0.665. The topological polar surface area (TPSA) is 146 Å². The highest BCUT2D eigenvalue weighted by molar-refractivity contribution is 5.89. The van der Waals surface area contributed by atoms with Gasteiger partial charge in [-0.15, -0.1) is 10.1 Å². The van der Waals surface area contributed by atoms with Crippen molar-refractivity contribution in [2.45, 2.75) is 70.6 Å². The molecule has 0 radical (unpaired) electrons. The van der Waals surface area contributed by atoms with Gasteiger partial charge in [0.15, 0.2) is 0 Å². The van der Waals surface area contributed by atoms with E-state index in [-0.39, 0.29) is 24.2 Å². The molecule has 2 rings (SSSR count). The van der Waals surface area contributed by atoms with Crippen LogP contribution in [0.15, 0.2) is 24.3 Å². The van der Waals surface area contributed by atoms with Crippen LogP contribution in [0.25, 0.3) is 0 Å². The normalized spacial score (nSPS) is 15.3. The summed E-state index contributed by atoms with van der Waals surface area (Å²) in [5, 5.41) is 32.7. The van der Waals surface area contributed by atoms with Crippen molar-refractivity contribution in [2.75, 3.05) is 18.5 Å². The molecule has 1 fully saturated rings. The van der Waals surface area contributed by atoms with E-state index in [9.17, 15) is 9.90 Å². The minimum Gasteiger partial charge on any atom is -0.491 e. The van der Waals surface area contributed by atoms with Crippen molar-refractivity contribution in [1.29, 1.82) is 0 Å². The molecule has 1 aromatic rings. The second-order valence-corrected chi connectivity index (χ2v) is 8.29. The van der Waals surface area contributed by atoms with Crippen molar-refractivity contribution in [1.82, 2.24) is 10.6 Å². The van der Waals surface area contributed by atoms with E-state index < -0.39 is 11.2 Å². The van der Waals surface area contributed by atoms with E-state index in [1.54, 1.807) is 24.3 Å². The fraction of sp³-hybridized carbons (Fsp3) is 0.650. The van der Waals surface area contributed by atoms with E-state index in [0.717, 1.165) is 18.5 Å². The van der Waals surface area contributed by atoms with Gasteiger partial charge >= 0.3 is 6.03 Å². The lowest BCUT2D eigenvalue weighted by atomic mass is 9.96. The van der Waals surface area contributed by atoms with Crippen molar-refractivity contribution >= 4 is 11.7 Å². The molecular weight excluding hydrogens is 392 g/mol. The monoisotopic (exact) mass is 426 g/mol. The molecule has 0 bridgehead atoms. The highest BCUT2D eigenvalue weighted by Gasteiger charge is 2.16. The van der Waals surface area contributed by atoms with Crippen LogP contribution in [-0.2, 0) is 0 Å². The molecule has 1 atom stereocenters. The molecule has 10 nitrogen and oxygen atoms in total. The van der Waals surface area contributed by atoms with Crippen molar-refractivity contribution in [2.24, 2.45) is 0 Å². The Morgan fingerprint density at radius 2 is 1.80 bits per heavy atom. The number of benzene rings is 1. The summed E-state index contributed by atoms with van der Waals surface area (Å²) in [7, 11) is 0. The number of nitrogens with one attached hydrogen (secondary N) is 3. The molecule has 1 aromatic carbocycles. The van der Waals surface area contributed by atoms with Crippen LogP contribution in [-0.4, -0.2) is 52.3 Å². The summed E-state index contributed by atoms with van der Waals surface area (Å²) in [6.45, 7) is 6.85. The molecule has 0 spiro atoms. The highest BCUT2D eigenvalue weighted by Crippen LogP contribution is 2.18. The number of hydrogen-bond donors (Lipinski definition) is 5. The van der Waals surface area contributed by atoms with Gasteiger partial charge in [-0.25, -0.2) is 4.79 Å². The van der Waals surface area contributed by atoms with Gasteiger partial charge in [0.1, 0.15) is 18.5 Å². The number of β-amino-alcohol motifs (C(OH)–C–C–N with tert-alkyl or cyclic N) is 1. The summed E-state index contributed by atoms with van der Waals surface area (Å²) < 4.78 is 5.60. The zero-order valence-electron chi connectivity index (χ0n) is 17.9. The lowest BCUT2D eigenvalue weighted by Crippen LogP contribution is -2.42. The first-order valence-corrected chi connectivity index (χ1v) is 10.1. The number of ether oxygens (including phenoxy) is 1. The Kier molecular flexibility index (Phi) is 10.9. The van der Waals surface area contributed by atoms with Crippen LogP contribution < -0.4 is 20.7 Å². The van der Waals surface area contributed by atoms with Gasteiger partial charge in [-0.3, -0.25) is 0 Å². The largest absolute Gasteiger partial charge is 0.491 e. The van der Waals surface area contributed by atoms with Gasteiger partial charge in [-0.05, 0) is 57.9 Å². The third-order valence-electron chi connectivity index (χ3n) is 4.36. The second kappa shape index (κ2) is 12.9. The SMILES string of the molecule is CC(C)(C)NC[C@H](O)COc1ccc(NC(=O)NC2CCCCC2)cc1.O=[N+]([O-])O. The third kappa shape index (κ3) is 12.8. The number of hydrogen-bond acceptors (Lipinski definition) is 6. The summed E-state index contributed by atoms with van der Waals surface area (Å²) in [6.07, 6.45) is 5.19. The minimum absolute atomic E-state index is 0.0352. The van der Waals surface area contributed by atoms with Crippen LogP contribution in [0, 0.1) is 10.1 Å². The zero-order valence-corrected chi connectivity index (χ0v) is 17.9. The Morgan fingerprint density at radius 3 is 2.33 bits per heavy atom. The maximum absolute atomic E-state index is 12.0. The molecule has 0 aliphatic heterocycles. The van der Waals surface area contributed by atoms with Crippen LogP contribution in [0.1, 0.15) is 52.9 Å². The predicted octanol–water partition coefficient (Wildman–Crippen LogP) is 2.92. The lowest BCUT2D eigenvalue weighted by Gasteiger charge is -2.23. The molecule has 2 amide bonds. The Hall–Kier alpha value is -2.59. The molecule has 1 aliphatic carbocycles. The van der Waals surface area contributed by atoms with Gasteiger partial charge in [0.25, 0.3) is 5.09 Å². The summed E-state index contributed by atoms with van der Waals surface area (Å²) in [4.78, 5) is 20.4. The standard InChI is InChI=1S/C20H33N3O3.HNO3/c1-20(2,3)21-13-17(24)14-26-18-11-9-16(10-12-18)23-19(25)22-15-7-5-4-6-8-15;2-1(3)4/h9-12,15,17,21,24H,4-8,13-14H2,1-3H3,(H2,22,23,25);(H,2,3,4)/t17-;/m0./s1. The van der Waals surface area contributed by atoms with E-state index in [0.29, 0.717) is 12.3 Å². The van der Waals surface area contributed by atoms with Crippen molar-refractivity contribution in [3.8, 4) is 5.75 Å². The second-order valence-electron chi connectivity index (χ2n) is 8.29. The number of carbonyl (C=O) groups excluding carboxylic acids is 1. The van der Waals surface area contributed by atoms with E-state index in [1.807, 2.05) is 0 Å². The maximum atomic E-state index is 12.0. The van der Waals surface area contributed by atoms with Crippen LogP contribution in [0.4, 0.5) is 10.5 Å². The van der Waals surface area contributed by atoms with Crippen LogP contribution >= 0.6 is 0 Å². The smallest absolute Gasteiger partial charge is 0.319 e. The fourth-order valence-corrected chi connectivity index (χ4v) is 2.91. The Morgan fingerprint density at radius 1 is 1.23 bits per heavy atom. The Labute approximate surface area is 177 Å². The molecule has 0 unspecified atom stereocenters. The first kappa shape index (κ1) is 25.4. The predicted molar refractivity (Wildman–Crippen MR) is 114 cm³/mol. The zero-order chi connectivity index (χ0) is 22.6. The number of carbonyl (C=O) groups is 1. The molecule has 0 saturated heterocycles. The van der Waals surface area contributed by atoms with Gasteiger partial charge in [0.2, 0.25) is 0 Å². The Balaban J connectivity index is 0.00000103. The van der Waals surface area contributed by atoms with Crippen LogP contribution in [0.5, 0.6) is 5.75 Å². The summed E-state index contributed by atoms with van der Waals surface area (Å²) in [5.41, 5.74) is 0.688. The molecule has 5 N–H and O–H groups in total. The van der Waals surface area contributed by atoms with Crippen LogP contribution in [0.3, 0.4) is 0 Å². The van der Waals surface area contributed by atoms with E-state index >= 15 is 0 Å². The number of anilines is 1.